The summed E-state index contributed by atoms with van der Waals surface area (Å²) in [6, 6.07) is 10.3. The molecule has 5 heteroatoms. The van der Waals surface area contributed by atoms with Gasteiger partial charge in [0, 0.05) is 12.1 Å². The lowest BCUT2D eigenvalue weighted by Crippen LogP contribution is -2.20. The smallest absolute Gasteiger partial charge is 0.290 e. The number of pyridine rings is 1. The van der Waals surface area contributed by atoms with E-state index in [4.69, 9.17) is 0 Å². The molecule has 1 aromatic heterocycles. The molecule has 0 N–H and O–H groups in total. The number of benzene rings is 1. The van der Waals surface area contributed by atoms with E-state index in [9.17, 15) is 10.1 Å². The number of hydrogen-bond acceptors (Lipinski definition) is 4. The fourth-order valence-electron chi connectivity index (χ4n) is 2.74. The van der Waals surface area contributed by atoms with Crippen molar-refractivity contribution in [2.45, 2.75) is 26.4 Å². The third-order valence-corrected chi connectivity index (χ3v) is 3.87. The molecule has 0 bridgehead atoms. The van der Waals surface area contributed by atoms with Crippen LogP contribution in [-0.4, -0.2) is 9.91 Å². The lowest BCUT2D eigenvalue weighted by molar-refractivity contribution is -0.385. The molecule has 1 aromatic carbocycles. The third kappa shape index (κ3) is 1.91. The highest BCUT2D eigenvalue weighted by atomic mass is 16.6. The zero-order valence-corrected chi connectivity index (χ0v) is 11.4. The topological polar surface area (TPSA) is 59.3 Å². The Hall–Kier alpha value is -2.43. The van der Waals surface area contributed by atoms with E-state index in [2.05, 4.69) is 28.9 Å². The maximum absolute atomic E-state index is 10.8. The molecular formula is C15H15N3O2. The van der Waals surface area contributed by atoms with Crippen LogP contribution >= 0.6 is 0 Å². The minimum atomic E-state index is -0.395. The predicted octanol–water partition coefficient (Wildman–Crippen LogP) is 3.38. The zero-order chi connectivity index (χ0) is 14.3. The van der Waals surface area contributed by atoms with E-state index in [1.54, 1.807) is 13.0 Å². The molecule has 5 nitrogen and oxygen atoms in total. The van der Waals surface area contributed by atoms with Crippen LogP contribution in [0.15, 0.2) is 36.5 Å². The minimum absolute atomic E-state index is 0.0677. The highest BCUT2D eigenvalue weighted by Gasteiger charge is 2.28. The van der Waals surface area contributed by atoms with Crippen molar-refractivity contribution in [1.82, 2.24) is 4.98 Å². The standard InChI is InChI=1S/C15H15N3O2/c1-10-7-15(16-8-14(10)18(19)20)17-9-12-5-3-4-6-13(12)11(17)2/h3-8,11H,9H2,1-2H3. The SMILES string of the molecule is Cc1cc(N2Cc3ccccc3C2C)ncc1[N+](=O)[O-]. The molecule has 2 aromatic rings. The van der Waals surface area contributed by atoms with Crippen molar-refractivity contribution in [3.63, 3.8) is 0 Å². The maximum Gasteiger partial charge on any atom is 0.290 e. The highest BCUT2D eigenvalue weighted by molar-refractivity contribution is 5.54. The van der Waals surface area contributed by atoms with Crippen molar-refractivity contribution in [2.24, 2.45) is 0 Å². The van der Waals surface area contributed by atoms with Crippen LogP contribution in [0.3, 0.4) is 0 Å². The molecule has 3 rings (SSSR count). The molecule has 1 unspecified atom stereocenters. The summed E-state index contributed by atoms with van der Waals surface area (Å²) in [4.78, 5) is 16.9. The van der Waals surface area contributed by atoms with Gasteiger partial charge in [0.15, 0.2) is 0 Å². The lowest BCUT2D eigenvalue weighted by Gasteiger charge is -2.23. The van der Waals surface area contributed by atoms with Gasteiger partial charge in [0.05, 0.1) is 11.0 Å². The number of anilines is 1. The highest BCUT2D eigenvalue weighted by Crippen LogP contribution is 2.36. The number of aryl methyl sites for hydroxylation is 1. The monoisotopic (exact) mass is 269 g/mol. The summed E-state index contributed by atoms with van der Waals surface area (Å²) < 4.78 is 0. The van der Waals surface area contributed by atoms with E-state index in [1.165, 1.54) is 17.3 Å². The van der Waals surface area contributed by atoms with E-state index < -0.39 is 4.92 Å². The van der Waals surface area contributed by atoms with Crippen molar-refractivity contribution >= 4 is 11.5 Å². The van der Waals surface area contributed by atoms with Gasteiger partial charge in [-0.25, -0.2) is 4.98 Å². The predicted molar refractivity (Wildman–Crippen MR) is 76.7 cm³/mol. The Morgan fingerprint density at radius 2 is 2.15 bits per heavy atom. The summed E-state index contributed by atoms with van der Waals surface area (Å²) in [7, 11) is 0. The van der Waals surface area contributed by atoms with Crippen LogP contribution in [-0.2, 0) is 6.54 Å². The summed E-state index contributed by atoms with van der Waals surface area (Å²) in [5.74, 6) is 0.789. The van der Waals surface area contributed by atoms with Gasteiger partial charge < -0.3 is 4.90 Å². The van der Waals surface area contributed by atoms with Gasteiger partial charge in [0.1, 0.15) is 12.0 Å². The first-order chi connectivity index (χ1) is 9.58. The van der Waals surface area contributed by atoms with Gasteiger partial charge in [0.2, 0.25) is 0 Å². The first-order valence-corrected chi connectivity index (χ1v) is 6.53. The summed E-state index contributed by atoms with van der Waals surface area (Å²) in [5, 5.41) is 10.8. The van der Waals surface area contributed by atoms with Crippen molar-refractivity contribution in [1.29, 1.82) is 0 Å². The molecule has 0 radical (unpaired) electrons. The van der Waals surface area contributed by atoms with Gasteiger partial charge in [-0.05, 0) is 31.0 Å². The van der Waals surface area contributed by atoms with E-state index in [0.29, 0.717) is 5.56 Å². The van der Waals surface area contributed by atoms with E-state index in [1.807, 2.05) is 12.1 Å². The molecule has 1 atom stereocenters. The van der Waals surface area contributed by atoms with E-state index in [-0.39, 0.29) is 11.7 Å². The zero-order valence-electron chi connectivity index (χ0n) is 11.4. The number of fused-ring (bicyclic) bond motifs is 1. The second kappa shape index (κ2) is 4.59. The Labute approximate surface area is 117 Å². The normalized spacial score (nSPS) is 17.1. The number of rotatable bonds is 2. The molecule has 1 aliphatic heterocycles. The second-order valence-electron chi connectivity index (χ2n) is 5.09. The molecule has 0 fully saturated rings. The number of aromatic nitrogens is 1. The summed E-state index contributed by atoms with van der Waals surface area (Å²) in [6.07, 6.45) is 1.35. The first kappa shape index (κ1) is 12.6. The molecule has 1 aliphatic rings. The van der Waals surface area contributed by atoms with E-state index in [0.717, 1.165) is 12.4 Å². The molecule has 102 valence electrons. The van der Waals surface area contributed by atoms with E-state index >= 15 is 0 Å². The average Bonchev–Trinajstić information content (AvgIpc) is 2.76. The Bertz CT molecular complexity index is 685. The van der Waals surface area contributed by atoms with Crippen molar-refractivity contribution in [2.75, 3.05) is 4.90 Å². The lowest BCUT2D eigenvalue weighted by atomic mass is 10.1. The molecule has 0 aliphatic carbocycles. The molecule has 2 heterocycles. The van der Waals surface area contributed by atoms with Crippen LogP contribution in [0.4, 0.5) is 11.5 Å². The van der Waals surface area contributed by atoms with Crippen molar-refractivity contribution in [3.8, 4) is 0 Å². The second-order valence-corrected chi connectivity index (χ2v) is 5.09. The quantitative estimate of drug-likeness (QED) is 0.619. The molecule has 0 spiro atoms. The minimum Gasteiger partial charge on any atom is -0.345 e. The van der Waals surface area contributed by atoms with Gasteiger partial charge in [0.25, 0.3) is 5.69 Å². The fraction of sp³-hybridized carbons (Fsp3) is 0.267. The average molecular weight is 269 g/mol. The Kier molecular flexibility index (Phi) is 2.89. The van der Waals surface area contributed by atoms with Gasteiger partial charge in [-0.1, -0.05) is 24.3 Å². The molecular weight excluding hydrogens is 254 g/mol. The number of hydrogen-bond donors (Lipinski definition) is 0. The summed E-state index contributed by atoms with van der Waals surface area (Å²) >= 11 is 0. The van der Waals surface area contributed by atoms with Gasteiger partial charge in [-0.2, -0.15) is 0 Å². The van der Waals surface area contributed by atoms with Crippen LogP contribution < -0.4 is 4.90 Å². The molecule has 20 heavy (non-hydrogen) atoms. The fourth-order valence-corrected chi connectivity index (χ4v) is 2.74. The Balaban J connectivity index is 1.96. The van der Waals surface area contributed by atoms with Crippen molar-refractivity contribution in [3.05, 3.63) is 63.3 Å². The largest absolute Gasteiger partial charge is 0.345 e. The van der Waals surface area contributed by atoms with Crippen LogP contribution in [0.1, 0.15) is 29.7 Å². The molecule has 0 saturated heterocycles. The van der Waals surface area contributed by atoms with Crippen LogP contribution in [0, 0.1) is 17.0 Å². The first-order valence-electron chi connectivity index (χ1n) is 6.53. The summed E-state index contributed by atoms with van der Waals surface area (Å²) in [5.41, 5.74) is 3.30. The number of nitrogens with zero attached hydrogens (tertiary/aromatic N) is 3. The van der Waals surface area contributed by atoms with Gasteiger partial charge in [-0.15, -0.1) is 0 Å². The molecule has 0 saturated carbocycles. The van der Waals surface area contributed by atoms with Crippen LogP contribution in [0.25, 0.3) is 0 Å². The Morgan fingerprint density at radius 3 is 2.80 bits per heavy atom. The Morgan fingerprint density at radius 1 is 1.40 bits per heavy atom. The van der Waals surface area contributed by atoms with Gasteiger partial charge in [-0.3, -0.25) is 10.1 Å². The summed E-state index contributed by atoms with van der Waals surface area (Å²) in [6.45, 7) is 4.67. The maximum atomic E-state index is 10.8. The van der Waals surface area contributed by atoms with Gasteiger partial charge >= 0.3 is 0 Å². The van der Waals surface area contributed by atoms with Crippen LogP contribution in [0.2, 0.25) is 0 Å². The van der Waals surface area contributed by atoms with Crippen molar-refractivity contribution < 1.29 is 4.92 Å². The number of nitro groups is 1. The molecule has 0 amide bonds. The third-order valence-electron chi connectivity index (χ3n) is 3.87. The van der Waals surface area contributed by atoms with Crippen LogP contribution in [0.5, 0.6) is 0 Å².